The molecule has 1 atom stereocenters. The normalized spacial score (nSPS) is 15.3. The minimum atomic E-state index is -4.46. The molecule has 1 heterocycles. The number of para-hydroxylation sites is 2. The SMILES string of the molecule is CC(C)(CN1CCCCC1)NC(C(=O)Nc1ccc(C(F)(F)F)cc1)c1ccc(C=CC(=O)Nc2ccccc2N)cc1. The van der Waals surface area contributed by atoms with E-state index in [9.17, 15) is 22.8 Å². The first kappa shape index (κ1) is 31.8. The number of nitrogens with zero attached hydrogens (tertiary/aromatic N) is 1. The highest BCUT2D eigenvalue weighted by Crippen LogP contribution is 2.30. The lowest BCUT2D eigenvalue weighted by Crippen LogP contribution is -2.53. The zero-order valence-electron chi connectivity index (χ0n) is 24.4. The Kier molecular flexibility index (Phi) is 10.3. The Balaban J connectivity index is 1.50. The van der Waals surface area contributed by atoms with Crippen molar-refractivity contribution in [2.45, 2.75) is 50.9 Å². The van der Waals surface area contributed by atoms with Crippen molar-refractivity contribution in [3.63, 3.8) is 0 Å². The van der Waals surface area contributed by atoms with Crippen molar-refractivity contribution in [2.75, 3.05) is 36.0 Å². The van der Waals surface area contributed by atoms with Crippen molar-refractivity contribution in [1.82, 2.24) is 10.2 Å². The number of benzene rings is 3. The summed E-state index contributed by atoms with van der Waals surface area (Å²) < 4.78 is 39.1. The number of alkyl halides is 3. The highest BCUT2D eigenvalue weighted by atomic mass is 19.4. The van der Waals surface area contributed by atoms with E-state index in [2.05, 4.69) is 20.9 Å². The van der Waals surface area contributed by atoms with Gasteiger partial charge in [-0.05, 0) is 93.4 Å². The predicted octanol–water partition coefficient (Wildman–Crippen LogP) is 6.47. The van der Waals surface area contributed by atoms with Gasteiger partial charge in [-0.15, -0.1) is 0 Å². The molecule has 3 aromatic rings. The lowest BCUT2D eigenvalue weighted by Gasteiger charge is -2.38. The lowest BCUT2D eigenvalue weighted by atomic mass is 9.97. The van der Waals surface area contributed by atoms with Gasteiger partial charge in [0.25, 0.3) is 0 Å². The number of hydrogen-bond donors (Lipinski definition) is 4. The molecule has 1 aliphatic rings. The van der Waals surface area contributed by atoms with Crippen LogP contribution in [-0.2, 0) is 15.8 Å². The van der Waals surface area contributed by atoms with Crippen LogP contribution in [0.4, 0.5) is 30.2 Å². The molecular formula is C33H38F3N5O2. The lowest BCUT2D eigenvalue weighted by molar-refractivity contribution is -0.137. The Morgan fingerprint density at radius 2 is 1.56 bits per heavy atom. The summed E-state index contributed by atoms with van der Waals surface area (Å²) in [5, 5.41) is 8.99. The van der Waals surface area contributed by atoms with Crippen LogP contribution >= 0.6 is 0 Å². The quantitative estimate of drug-likeness (QED) is 0.160. The maximum absolute atomic E-state index is 13.6. The van der Waals surface area contributed by atoms with Crippen LogP contribution in [0.15, 0.2) is 78.9 Å². The molecule has 1 saturated heterocycles. The summed E-state index contributed by atoms with van der Waals surface area (Å²) >= 11 is 0. The maximum atomic E-state index is 13.6. The van der Waals surface area contributed by atoms with Crippen molar-refractivity contribution in [2.24, 2.45) is 0 Å². The third kappa shape index (κ3) is 9.42. The van der Waals surface area contributed by atoms with Gasteiger partial charge in [-0.3, -0.25) is 14.9 Å². The average molecular weight is 594 g/mol. The van der Waals surface area contributed by atoms with Gasteiger partial charge < -0.3 is 21.3 Å². The van der Waals surface area contributed by atoms with E-state index < -0.39 is 29.2 Å². The molecule has 0 bridgehead atoms. The number of carbonyl (C=O) groups excluding carboxylic acids is 2. The number of anilines is 3. The van der Waals surface area contributed by atoms with Crippen LogP contribution < -0.4 is 21.7 Å². The summed E-state index contributed by atoms with van der Waals surface area (Å²) in [7, 11) is 0. The summed E-state index contributed by atoms with van der Waals surface area (Å²) in [5.41, 5.74) is 7.33. The fourth-order valence-corrected chi connectivity index (χ4v) is 5.13. The molecule has 228 valence electrons. The fraction of sp³-hybridized carbons (Fsp3) is 0.333. The molecule has 7 nitrogen and oxygen atoms in total. The van der Waals surface area contributed by atoms with Gasteiger partial charge in [0.2, 0.25) is 11.8 Å². The number of halogens is 3. The van der Waals surface area contributed by atoms with Gasteiger partial charge >= 0.3 is 6.18 Å². The number of likely N-dealkylation sites (tertiary alicyclic amines) is 1. The zero-order chi connectivity index (χ0) is 31.0. The molecule has 0 radical (unpaired) electrons. The number of rotatable bonds is 10. The molecule has 10 heteroatoms. The van der Waals surface area contributed by atoms with E-state index in [0.717, 1.165) is 50.2 Å². The van der Waals surface area contributed by atoms with E-state index in [4.69, 9.17) is 5.73 Å². The minimum Gasteiger partial charge on any atom is -0.397 e. The Labute approximate surface area is 250 Å². The molecular weight excluding hydrogens is 555 g/mol. The molecule has 0 spiro atoms. The topological polar surface area (TPSA) is 99.5 Å². The molecule has 0 saturated carbocycles. The van der Waals surface area contributed by atoms with Gasteiger partial charge in [0.05, 0.1) is 16.9 Å². The van der Waals surface area contributed by atoms with Gasteiger partial charge in [0.15, 0.2) is 0 Å². The number of nitrogens with one attached hydrogen (secondary N) is 3. The molecule has 3 aromatic carbocycles. The van der Waals surface area contributed by atoms with Crippen LogP contribution in [0.5, 0.6) is 0 Å². The first-order chi connectivity index (χ1) is 20.4. The summed E-state index contributed by atoms with van der Waals surface area (Å²) in [6, 6.07) is 17.8. The smallest absolute Gasteiger partial charge is 0.397 e. The number of piperidine rings is 1. The Bertz CT molecular complexity index is 1410. The standard InChI is InChI=1S/C33H38F3N5O2/c1-32(2,22-41-20-6-3-7-21-41)40-30(31(43)38-26-17-15-25(16-18-26)33(34,35)36)24-13-10-23(11-14-24)12-19-29(42)39-28-9-5-4-8-27(28)37/h4-5,8-19,30,40H,3,6-7,20-22,37H2,1-2H3,(H,38,43)(H,39,42). The van der Waals surface area contributed by atoms with Crippen molar-refractivity contribution >= 4 is 35.0 Å². The zero-order valence-corrected chi connectivity index (χ0v) is 24.4. The number of carbonyl (C=O) groups is 2. The van der Waals surface area contributed by atoms with Crippen LogP contribution in [-0.4, -0.2) is 41.9 Å². The van der Waals surface area contributed by atoms with Crippen LogP contribution in [0.1, 0.15) is 55.8 Å². The van der Waals surface area contributed by atoms with E-state index in [1.165, 1.54) is 24.6 Å². The summed E-state index contributed by atoms with van der Waals surface area (Å²) in [5.74, 6) is -0.730. The molecule has 4 rings (SSSR count). The molecule has 1 unspecified atom stereocenters. The predicted molar refractivity (Wildman–Crippen MR) is 165 cm³/mol. The van der Waals surface area contributed by atoms with Crippen molar-refractivity contribution in [3.8, 4) is 0 Å². The Hall–Kier alpha value is -4.15. The third-order valence-corrected chi connectivity index (χ3v) is 7.26. The van der Waals surface area contributed by atoms with E-state index in [1.807, 2.05) is 13.8 Å². The number of amides is 2. The van der Waals surface area contributed by atoms with E-state index in [-0.39, 0.29) is 11.6 Å². The number of hydrogen-bond acceptors (Lipinski definition) is 5. The van der Waals surface area contributed by atoms with Crippen molar-refractivity contribution in [3.05, 3.63) is 95.6 Å². The molecule has 1 fully saturated rings. The Morgan fingerprint density at radius 1 is 0.907 bits per heavy atom. The Morgan fingerprint density at radius 3 is 2.19 bits per heavy atom. The highest BCUT2D eigenvalue weighted by Gasteiger charge is 2.32. The van der Waals surface area contributed by atoms with Gasteiger partial charge in [0, 0.05) is 23.8 Å². The fourth-order valence-electron chi connectivity index (χ4n) is 5.13. The molecule has 2 amide bonds. The molecule has 1 aliphatic heterocycles. The molecule has 0 aliphatic carbocycles. The van der Waals surface area contributed by atoms with Crippen LogP contribution in [0.25, 0.3) is 6.08 Å². The van der Waals surface area contributed by atoms with Crippen molar-refractivity contribution in [1.29, 1.82) is 0 Å². The van der Waals surface area contributed by atoms with Crippen LogP contribution in [0.3, 0.4) is 0 Å². The second-order valence-electron chi connectivity index (χ2n) is 11.4. The van der Waals surface area contributed by atoms with Gasteiger partial charge in [0.1, 0.15) is 6.04 Å². The van der Waals surface area contributed by atoms with E-state index in [1.54, 1.807) is 54.6 Å². The first-order valence-electron chi connectivity index (χ1n) is 14.3. The highest BCUT2D eigenvalue weighted by molar-refractivity contribution is 6.03. The first-order valence-corrected chi connectivity index (χ1v) is 14.3. The molecule has 5 N–H and O–H groups in total. The molecule has 43 heavy (non-hydrogen) atoms. The third-order valence-electron chi connectivity index (χ3n) is 7.26. The summed E-state index contributed by atoms with van der Waals surface area (Å²) in [6.07, 6.45) is 2.08. The molecule has 0 aromatic heterocycles. The van der Waals surface area contributed by atoms with Gasteiger partial charge in [-0.2, -0.15) is 13.2 Å². The van der Waals surface area contributed by atoms with Crippen LogP contribution in [0, 0.1) is 0 Å². The summed E-state index contributed by atoms with van der Waals surface area (Å²) in [6.45, 7) is 6.81. The summed E-state index contributed by atoms with van der Waals surface area (Å²) in [4.78, 5) is 28.3. The minimum absolute atomic E-state index is 0.267. The monoisotopic (exact) mass is 593 g/mol. The maximum Gasteiger partial charge on any atom is 0.416 e. The van der Waals surface area contributed by atoms with Crippen LogP contribution in [0.2, 0.25) is 0 Å². The van der Waals surface area contributed by atoms with E-state index in [0.29, 0.717) is 16.9 Å². The van der Waals surface area contributed by atoms with Gasteiger partial charge in [-0.1, -0.05) is 42.8 Å². The second-order valence-corrected chi connectivity index (χ2v) is 11.4. The second kappa shape index (κ2) is 13.9. The largest absolute Gasteiger partial charge is 0.416 e. The number of nitrogen functional groups attached to an aromatic ring is 1. The van der Waals surface area contributed by atoms with E-state index >= 15 is 0 Å². The average Bonchev–Trinajstić information content (AvgIpc) is 2.96. The van der Waals surface area contributed by atoms with Gasteiger partial charge in [-0.25, -0.2) is 0 Å². The van der Waals surface area contributed by atoms with Crippen molar-refractivity contribution < 1.29 is 22.8 Å². The number of nitrogens with two attached hydrogens (primary N) is 1.